The van der Waals surface area contributed by atoms with Gasteiger partial charge in [0.1, 0.15) is 5.75 Å². The number of hydrogen-bond donors (Lipinski definition) is 0. The van der Waals surface area contributed by atoms with Gasteiger partial charge in [0.05, 0.1) is 28.8 Å². The molecule has 0 fully saturated rings. The molecule has 0 aliphatic rings. The van der Waals surface area contributed by atoms with E-state index in [-0.39, 0.29) is 0 Å². The summed E-state index contributed by atoms with van der Waals surface area (Å²) in [4.78, 5) is 0. The van der Waals surface area contributed by atoms with E-state index in [1.165, 1.54) is 0 Å². The van der Waals surface area contributed by atoms with E-state index in [1.807, 2.05) is 24.3 Å². The molecule has 0 unspecified atom stereocenters. The topological polar surface area (TPSA) is 33.0 Å². The normalized spacial score (nSPS) is 11.0. The molecule has 0 aliphatic carbocycles. The van der Waals surface area contributed by atoms with Crippen LogP contribution >= 0.6 is 23.2 Å². The summed E-state index contributed by atoms with van der Waals surface area (Å²) in [6.07, 6.45) is 1.76. The molecular formula is C16H11Cl2NO. The lowest BCUT2D eigenvalue weighted by molar-refractivity contribution is 0.414. The Morgan fingerprint density at radius 2 is 1.90 bits per heavy atom. The van der Waals surface area contributed by atoms with Gasteiger partial charge in [-0.1, -0.05) is 47.5 Å². The summed E-state index contributed by atoms with van der Waals surface area (Å²) in [6.45, 7) is 0. The molecule has 0 amide bonds. The van der Waals surface area contributed by atoms with Crippen LogP contribution in [0.3, 0.4) is 0 Å². The molecule has 0 aromatic heterocycles. The van der Waals surface area contributed by atoms with Gasteiger partial charge in [0.2, 0.25) is 0 Å². The van der Waals surface area contributed by atoms with Crippen LogP contribution in [0, 0.1) is 11.3 Å². The fraction of sp³-hybridized carbons (Fsp3) is 0.0625. The molecular weight excluding hydrogens is 293 g/mol. The molecule has 100 valence electrons. The molecule has 2 aromatic carbocycles. The molecule has 0 saturated carbocycles. The molecule has 20 heavy (non-hydrogen) atoms. The van der Waals surface area contributed by atoms with Crippen LogP contribution in [0.2, 0.25) is 10.0 Å². The lowest BCUT2D eigenvalue weighted by Gasteiger charge is -2.06. The molecule has 2 rings (SSSR count). The highest BCUT2D eigenvalue weighted by molar-refractivity contribution is 6.42. The van der Waals surface area contributed by atoms with Crippen LogP contribution in [-0.2, 0) is 0 Å². The highest BCUT2D eigenvalue weighted by Crippen LogP contribution is 2.28. The second-order valence-electron chi connectivity index (χ2n) is 4.04. The fourth-order valence-corrected chi connectivity index (χ4v) is 2.08. The molecule has 0 saturated heterocycles. The van der Waals surface area contributed by atoms with Gasteiger partial charge < -0.3 is 4.74 Å². The van der Waals surface area contributed by atoms with Crippen LogP contribution in [0.5, 0.6) is 5.75 Å². The summed E-state index contributed by atoms with van der Waals surface area (Å²) in [5, 5.41) is 10.2. The molecule has 0 heterocycles. The third-order valence-electron chi connectivity index (χ3n) is 2.79. The Hall–Kier alpha value is -1.95. The summed E-state index contributed by atoms with van der Waals surface area (Å²) < 4.78 is 5.27. The van der Waals surface area contributed by atoms with Crippen molar-refractivity contribution < 1.29 is 4.74 Å². The largest absolute Gasteiger partial charge is 0.496 e. The van der Waals surface area contributed by atoms with E-state index >= 15 is 0 Å². The fourth-order valence-electron chi connectivity index (χ4n) is 1.78. The number of hydrogen-bond acceptors (Lipinski definition) is 2. The smallest absolute Gasteiger partial charge is 0.126 e. The zero-order valence-electron chi connectivity index (χ0n) is 10.7. The Morgan fingerprint density at radius 1 is 1.15 bits per heavy atom. The van der Waals surface area contributed by atoms with Crippen LogP contribution in [0.4, 0.5) is 0 Å². The third-order valence-corrected chi connectivity index (χ3v) is 3.53. The van der Waals surface area contributed by atoms with Gasteiger partial charge in [-0.05, 0) is 29.8 Å². The monoisotopic (exact) mass is 303 g/mol. The molecule has 0 N–H and O–H groups in total. The number of methoxy groups -OCH3 is 1. The lowest BCUT2D eigenvalue weighted by atomic mass is 10.0. The zero-order chi connectivity index (χ0) is 14.5. The van der Waals surface area contributed by atoms with Gasteiger partial charge in [0, 0.05) is 5.56 Å². The summed E-state index contributed by atoms with van der Waals surface area (Å²) >= 11 is 11.9. The van der Waals surface area contributed by atoms with E-state index in [2.05, 4.69) is 6.07 Å². The van der Waals surface area contributed by atoms with Crippen molar-refractivity contribution in [1.29, 1.82) is 5.26 Å². The first-order valence-electron chi connectivity index (χ1n) is 5.86. The van der Waals surface area contributed by atoms with Gasteiger partial charge in [-0.3, -0.25) is 0 Å². The van der Waals surface area contributed by atoms with Crippen molar-refractivity contribution in [2.75, 3.05) is 7.11 Å². The number of nitriles is 1. The second-order valence-corrected chi connectivity index (χ2v) is 4.86. The number of para-hydroxylation sites is 1. The maximum absolute atomic E-state index is 9.33. The van der Waals surface area contributed by atoms with Crippen molar-refractivity contribution >= 4 is 34.9 Å². The van der Waals surface area contributed by atoms with E-state index < -0.39 is 0 Å². The third kappa shape index (κ3) is 3.14. The second kappa shape index (κ2) is 6.47. The molecule has 0 bridgehead atoms. The van der Waals surface area contributed by atoms with Gasteiger partial charge >= 0.3 is 0 Å². The number of nitrogens with zero attached hydrogens (tertiary/aromatic N) is 1. The van der Waals surface area contributed by atoms with E-state index in [9.17, 15) is 5.26 Å². The van der Waals surface area contributed by atoms with Gasteiger partial charge in [-0.2, -0.15) is 5.26 Å². The van der Waals surface area contributed by atoms with Crippen molar-refractivity contribution in [3.05, 3.63) is 63.6 Å². The van der Waals surface area contributed by atoms with Crippen LogP contribution in [0.25, 0.3) is 11.6 Å². The van der Waals surface area contributed by atoms with Gasteiger partial charge in [0.15, 0.2) is 0 Å². The number of allylic oxidation sites excluding steroid dienone is 1. The minimum atomic E-state index is 0.422. The molecule has 0 atom stereocenters. The van der Waals surface area contributed by atoms with E-state index in [4.69, 9.17) is 27.9 Å². The predicted molar refractivity (Wildman–Crippen MR) is 82.9 cm³/mol. The molecule has 0 spiro atoms. The van der Waals surface area contributed by atoms with Crippen LogP contribution < -0.4 is 4.74 Å². The maximum Gasteiger partial charge on any atom is 0.126 e. The standard InChI is InChI=1S/C16H11Cl2NO/c1-20-16-5-3-2-4-12(16)8-13(10-19)11-6-7-14(17)15(18)9-11/h2-9H,1H3/b13-8-. The summed E-state index contributed by atoms with van der Waals surface area (Å²) in [6, 6.07) is 14.8. The zero-order valence-corrected chi connectivity index (χ0v) is 12.2. The first-order chi connectivity index (χ1) is 9.65. The molecule has 0 aliphatic heterocycles. The number of benzene rings is 2. The average molecular weight is 304 g/mol. The summed E-state index contributed by atoms with van der Waals surface area (Å²) in [7, 11) is 1.60. The maximum atomic E-state index is 9.33. The van der Waals surface area contributed by atoms with Crippen molar-refractivity contribution in [2.24, 2.45) is 0 Å². The van der Waals surface area contributed by atoms with E-state index in [0.29, 0.717) is 26.9 Å². The van der Waals surface area contributed by atoms with Gasteiger partial charge in [0.25, 0.3) is 0 Å². The Morgan fingerprint density at radius 3 is 2.55 bits per heavy atom. The molecule has 0 radical (unpaired) electrons. The molecule has 2 aromatic rings. The highest BCUT2D eigenvalue weighted by Gasteiger charge is 2.06. The van der Waals surface area contributed by atoms with Crippen LogP contribution in [0.15, 0.2) is 42.5 Å². The van der Waals surface area contributed by atoms with Crippen molar-refractivity contribution in [3.63, 3.8) is 0 Å². The van der Waals surface area contributed by atoms with Crippen molar-refractivity contribution in [2.45, 2.75) is 0 Å². The van der Waals surface area contributed by atoms with Crippen molar-refractivity contribution in [1.82, 2.24) is 0 Å². The summed E-state index contributed by atoms with van der Waals surface area (Å²) in [5.41, 5.74) is 2.04. The molecule has 2 nitrogen and oxygen atoms in total. The molecule has 4 heteroatoms. The lowest BCUT2D eigenvalue weighted by Crippen LogP contribution is -1.88. The Balaban J connectivity index is 2.49. The predicted octanol–water partition coefficient (Wildman–Crippen LogP) is 5.07. The average Bonchev–Trinajstić information content (AvgIpc) is 2.48. The van der Waals surface area contributed by atoms with Crippen molar-refractivity contribution in [3.8, 4) is 11.8 Å². The van der Waals surface area contributed by atoms with Crippen LogP contribution in [-0.4, -0.2) is 7.11 Å². The SMILES string of the molecule is COc1ccccc1/C=C(/C#N)c1ccc(Cl)c(Cl)c1. The number of ether oxygens (including phenoxy) is 1. The number of rotatable bonds is 3. The van der Waals surface area contributed by atoms with E-state index in [0.717, 1.165) is 5.56 Å². The van der Waals surface area contributed by atoms with Crippen LogP contribution in [0.1, 0.15) is 11.1 Å². The Labute approximate surface area is 127 Å². The number of halogens is 2. The minimum Gasteiger partial charge on any atom is -0.496 e. The van der Waals surface area contributed by atoms with Gasteiger partial charge in [-0.15, -0.1) is 0 Å². The van der Waals surface area contributed by atoms with Gasteiger partial charge in [-0.25, -0.2) is 0 Å². The Kier molecular flexibility index (Phi) is 4.68. The minimum absolute atomic E-state index is 0.422. The highest BCUT2D eigenvalue weighted by atomic mass is 35.5. The quantitative estimate of drug-likeness (QED) is 0.586. The first kappa shape index (κ1) is 14.5. The van der Waals surface area contributed by atoms with E-state index in [1.54, 1.807) is 31.4 Å². The Bertz CT molecular complexity index is 702. The summed E-state index contributed by atoms with van der Waals surface area (Å²) in [5.74, 6) is 0.709. The first-order valence-corrected chi connectivity index (χ1v) is 6.61.